The second-order valence-corrected chi connectivity index (χ2v) is 8.72. The zero-order valence-corrected chi connectivity index (χ0v) is 16.5. The molecule has 1 aromatic carbocycles. The van der Waals surface area contributed by atoms with Gasteiger partial charge in [-0.2, -0.15) is 0 Å². The predicted molar refractivity (Wildman–Crippen MR) is 106 cm³/mol. The van der Waals surface area contributed by atoms with Gasteiger partial charge in [0.25, 0.3) is 0 Å². The van der Waals surface area contributed by atoms with Crippen LogP contribution in [0.3, 0.4) is 0 Å². The van der Waals surface area contributed by atoms with Crippen LogP contribution in [-0.2, 0) is 9.59 Å². The van der Waals surface area contributed by atoms with Crippen LogP contribution in [0.1, 0.15) is 20.8 Å². The van der Waals surface area contributed by atoms with E-state index in [2.05, 4.69) is 10.3 Å². The Balaban J connectivity index is 1.75. The SMILES string of the molecule is CCOc1ccccc1-c1csc(NC(=O)C2CSC(C)(C)N2C=O)n1. The number of aromatic nitrogens is 1. The van der Waals surface area contributed by atoms with E-state index in [0.717, 1.165) is 23.4 Å². The third kappa shape index (κ3) is 3.71. The van der Waals surface area contributed by atoms with Crippen molar-refractivity contribution in [2.75, 3.05) is 17.7 Å². The van der Waals surface area contributed by atoms with Crippen molar-refractivity contribution in [1.82, 2.24) is 9.88 Å². The minimum Gasteiger partial charge on any atom is -0.493 e. The van der Waals surface area contributed by atoms with Crippen LogP contribution in [0.2, 0.25) is 0 Å². The molecule has 1 aromatic heterocycles. The van der Waals surface area contributed by atoms with Crippen LogP contribution in [-0.4, -0.2) is 45.5 Å². The highest BCUT2D eigenvalue weighted by molar-refractivity contribution is 8.00. The second-order valence-electron chi connectivity index (χ2n) is 6.24. The molecule has 0 radical (unpaired) electrons. The molecule has 0 aliphatic carbocycles. The topological polar surface area (TPSA) is 71.5 Å². The van der Waals surface area contributed by atoms with Crippen molar-refractivity contribution >= 4 is 40.5 Å². The van der Waals surface area contributed by atoms with Gasteiger partial charge in [-0.05, 0) is 32.9 Å². The van der Waals surface area contributed by atoms with E-state index in [-0.39, 0.29) is 10.8 Å². The summed E-state index contributed by atoms with van der Waals surface area (Å²) < 4.78 is 5.64. The zero-order chi connectivity index (χ0) is 18.7. The Labute approximate surface area is 160 Å². The number of anilines is 1. The number of benzene rings is 1. The summed E-state index contributed by atoms with van der Waals surface area (Å²) in [6, 6.07) is 7.19. The molecule has 1 aliphatic rings. The third-order valence-electron chi connectivity index (χ3n) is 4.17. The number of ether oxygens (including phenoxy) is 1. The Morgan fingerprint density at radius 1 is 1.46 bits per heavy atom. The molecule has 1 aliphatic heterocycles. The molecule has 1 N–H and O–H groups in total. The van der Waals surface area contributed by atoms with Gasteiger partial charge in [-0.1, -0.05) is 12.1 Å². The molecule has 26 heavy (non-hydrogen) atoms. The van der Waals surface area contributed by atoms with E-state index in [9.17, 15) is 9.59 Å². The standard InChI is InChI=1S/C18H21N3O3S2/c1-4-24-15-8-6-5-7-12(15)13-9-25-17(19-13)20-16(23)14-10-26-18(2,3)21(14)11-22/h5-9,11,14H,4,10H2,1-3H3,(H,19,20,23). The van der Waals surface area contributed by atoms with E-state index < -0.39 is 6.04 Å². The zero-order valence-electron chi connectivity index (χ0n) is 14.9. The first-order chi connectivity index (χ1) is 12.5. The summed E-state index contributed by atoms with van der Waals surface area (Å²) in [6.07, 6.45) is 0.746. The largest absolute Gasteiger partial charge is 0.493 e. The maximum atomic E-state index is 12.6. The molecule has 1 saturated heterocycles. The van der Waals surface area contributed by atoms with Crippen LogP contribution in [0.25, 0.3) is 11.3 Å². The third-order valence-corrected chi connectivity index (χ3v) is 6.32. The molecule has 3 rings (SSSR count). The number of hydrogen-bond acceptors (Lipinski definition) is 6. The lowest BCUT2D eigenvalue weighted by Gasteiger charge is -2.29. The smallest absolute Gasteiger partial charge is 0.249 e. The van der Waals surface area contributed by atoms with Crippen LogP contribution < -0.4 is 10.1 Å². The molecule has 0 saturated carbocycles. The van der Waals surface area contributed by atoms with Crippen molar-refractivity contribution in [2.24, 2.45) is 0 Å². The Morgan fingerprint density at radius 2 is 2.23 bits per heavy atom. The van der Waals surface area contributed by atoms with Crippen LogP contribution in [0, 0.1) is 0 Å². The summed E-state index contributed by atoms with van der Waals surface area (Å²) in [7, 11) is 0. The molecule has 0 spiro atoms. The monoisotopic (exact) mass is 391 g/mol. The van der Waals surface area contributed by atoms with Crippen molar-refractivity contribution in [1.29, 1.82) is 0 Å². The normalized spacial score (nSPS) is 18.6. The number of amides is 2. The highest BCUT2D eigenvalue weighted by atomic mass is 32.2. The molecule has 8 heteroatoms. The summed E-state index contributed by atoms with van der Waals surface area (Å²) in [6.45, 7) is 6.38. The molecule has 1 atom stereocenters. The van der Waals surface area contributed by atoms with E-state index >= 15 is 0 Å². The Bertz CT molecular complexity index is 806. The molecular formula is C18H21N3O3S2. The van der Waals surface area contributed by atoms with E-state index in [1.807, 2.05) is 50.4 Å². The summed E-state index contributed by atoms with van der Waals surface area (Å²) in [4.78, 5) is 29.7. The number of carbonyl (C=O) groups excluding carboxylic acids is 2. The van der Waals surface area contributed by atoms with Gasteiger partial charge in [-0.3, -0.25) is 9.59 Å². The number of thiazole rings is 1. The average molecular weight is 392 g/mol. The highest BCUT2D eigenvalue weighted by Gasteiger charge is 2.43. The van der Waals surface area contributed by atoms with Gasteiger partial charge in [0.1, 0.15) is 11.8 Å². The van der Waals surface area contributed by atoms with Crippen LogP contribution in [0.5, 0.6) is 5.75 Å². The minimum absolute atomic E-state index is 0.214. The fraction of sp³-hybridized carbons (Fsp3) is 0.389. The number of nitrogens with one attached hydrogen (secondary N) is 1. The van der Waals surface area contributed by atoms with Gasteiger partial charge in [-0.15, -0.1) is 23.1 Å². The number of rotatable bonds is 6. The van der Waals surface area contributed by atoms with Gasteiger partial charge >= 0.3 is 0 Å². The summed E-state index contributed by atoms with van der Waals surface area (Å²) in [5, 5.41) is 5.24. The summed E-state index contributed by atoms with van der Waals surface area (Å²) in [5.74, 6) is 1.12. The average Bonchev–Trinajstić information content (AvgIpc) is 3.19. The molecule has 0 bridgehead atoms. The number of nitrogens with zero attached hydrogens (tertiary/aromatic N) is 2. The Kier molecular flexibility index (Phi) is 5.52. The number of thioether (sulfide) groups is 1. The number of para-hydroxylation sites is 1. The van der Waals surface area contributed by atoms with Gasteiger partial charge in [0, 0.05) is 16.7 Å². The van der Waals surface area contributed by atoms with E-state index in [4.69, 9.17) is 4.74 Å². The van der Waals surface area contributed by atoms with Crippen LogP contribution in [0.15, 0.2) is 29.6 Å². The number of hydrogen-bond donors (Lipinski definition) is 1. The van der Waals surface area contributed by atoms with Gasteiger partial charge in [0.05, 0.1) is 17.2 Å². The summed E-state index contributed by atoms with van der Waals surface area (Å²) in [5.41, 5.74) is 1.64. The van der Waals surface area contributed by atoms with Crippen LogP contribution in [0.4, 0.5) is 5.13 Å². The molecule has 1 fully saturated rings. The maximum Gasteiger partial charge on any atom is 0.249 e. The first-order valence-electron chi connectivity index (χ1n) is 8.32. The van der Waals surface area contributed by atoms with E-state index in [0.29, 0.717) is 17.5 Å². The van der Waals surface area contributed by atoms with E-state index in [1.165, 1.54) is 11.3 Å². The lowest BCUT2D eigenvalue weighted by molar-refractivity contribution is -0.130. The number of carbonyl (C=O) groups is 2. The summed E-state index contributed by atoms with van der Waals surface area (Å²) >= 11 is 2.94. The van der Waals surface area contributed by atoms with Crippen molar-refractivity contribution in [3.05, 3.63) is 29.6 Å². The van der Waals surface area contributed by atoms with Crippen molar-refractivity contribution in [2.45, 2.75) is 31.7 Å². The van der Waals surface area contributed by atoms with Gasteiger partial charge < -0.3 is 15.0 Å². The Hall–Kier alpha value is -2.06. The van der Waals surface area contributed by atoms with Gasteiger partial charge in [0.15, 0.2) is 5.13 Å². The molecule has 138 valence electrons. The second kappa shape index (κ2) is 7.67. The van der Waals surface area contributed by atoms with Crippen molar-refractivity contribution < 1.29 is 14.3 Å². The van der Waals surface area contributed by atoms with Crippen LogP contribution >= 0.6 is 23.1 Å². The fourth-order valence-electron chi connectivity index (χ4n) is 2.82. The Morgan fingerprint density at radius 3 is 2.96 bits per heavy atom. The van der Waals surface area contributed by atoms with Gasteiger partial charge in [-0.25, -0.2) is 4.98 Å². The molecule has 2 aromatic rings. The highest BCUT2D eigenvalue weighted by Crippen LogP contribution is 2.38. The predicted octanol–water partition coefficient (Wildman–Crippen LogP) is 3.46. The molecular weight excluding hydrogens is 370 g/mol. The first kappa shape index (κ1) is 18.7. The van der Waals surface area contributed by atoms with Crippen molar-refractivity contribution in [3.63, 3.8) is 0 Å². The maximum absolute atomic E-state index is 12.6. The first-order valence-corrected chi connectivity index (χ1v) is 10.2. The molecule has 1 unspecified atom stereocenters. The lowest BCUT2D eigenvalue weighted by Crippen LogP contribution is -2.47. The molecule has 6 nitrogen and oxygen atoms in total. The fourth-order valence-corrected chi connectivity index (χ4v) is 4.73. The molecule has 2 heterocycles. The molecule has 2 amide bonds. The lowest BCUT2D eigenvalue weighted by atomic mass is 10.1. The van der Waals surface area contributed by atoms with E-state index in [1.54, 1.807) is 16.7 Å². The van der Waals surface area contributed by atoms with Gasteiger partial charge in [0.2, 0.25) is 12.3 Å². The minimum atomic E-state index is -0.490. The van der Waals surface area contributed by atoms with Crippen molar-refractivity contribution in [3.8, 4) is 17.0 Å². The quantitative estimate of drug-likeness (QED) is 0.764.